The lowest BCUT2D eigenvalue weighted by atomic mass is 10.1. The molecule has 0 aromatic heterocycles. The molecule has 0 saturated carbocycles. The van der Waals surface area contributed by atoms with Gasteiger partial charge in [0, 0.05) is 6.42 Å². The van der Waals surface area contributed by atoms with Gasteiger partial charge in [-0.05, 0) is 36.6 Å². The molecular formula is C18H19NO3. The number of amides is 1. The van der Waals surface area contributed by atoms with Gasteiger partial charge in [0.15, 0.2) is 11.5 Å². The van der Waals surface area contributed by atoms with Crippen molar-refractivity contribution >= 4 is 5.91 Å². The maximum Gasteiger partial charge on any atom is 0.231 e. The molecule has 4 heteroatoms. The molecule has 2 aromatic rings. The van der Waals surface area contributed by atoms with Crippen molar-refractivity contribution in [1.82, 2.24) is 5.32 Å². The molecule has 0 fully saturated rings. The average Bonchev–Trinajstić information content (AvgIpc) is 3.01. The SMILES string of the molecule is C[C@H](NC(=O)CCc1ccccc1)c1ccc2c(c1)OCO2. The second-order valence-corrected chi connectivity index (χ2v) is 5.39. The minimum atomic E-state index is -0.0576. The van der Waals surface area contributed by atoms with Crippen molar-refractivity contribution in [2.75, 3.05) is 6.79 Å². The molecule has 1 aliphatic rings. The summed E-state index contributed by atoms with van der Waals surface area (Å²) in [5.41, 5.74) is 2.19. The van der Waals surface area contributed by atoms with Crippen LogP contribution in [0, 0.1) is 0 Å². The van der Waals surface area contributed by atoms with Crippen molar-refractivity contribution < 1.29 is 14.3 Å². The molecule has 0 aliphatic carbocycles. The third-order valence-corrected chi connectivity index (χ3v) is 3.76. The maximum absolute atomic E-state index is 12.1. The Labute approximate surface area is 130 Å². The largest absolute Gasteiger partial charge is 0.454 e. The number of hydrogen-bond acceptors (Lipinski definition) is 3. The van der Waals surface area contributed by atoms with E-state index in [2.05, 4.69) is 5.32 Å². The van der Waals surface area contributed by atoms with Crippen LogP contribution in [0.5, 0.6) is 11.5 Å². The highest BCUT2D eigenvalue weighted by molar-refractivity contribution is 5.76. The number of ether oxygens (including phenoxy) is 2. The standard InChI is InChI=1S/C18H19NO3/c1-13(15-8-9-16-17(11-15)22-12-21-16)19-18(20)10-7-14-5-3-2-4-6-14/h2-6,8-9,11,13H,7,10,12H2,1H3,(H,19,20)/t13-/m0/s1. The van der Waals surface area contributed by atoms with Gasteiger partial charge in [0.1, 0.15) is 0 Å². The minimum Gasteiger partial charge on any atom is -0.454 e. The number of rotatable bonds is 5. The summed E-state index contributed by atoms with van der Waals surface area (Å²) < 4.78 is 10.7. The van der Waals surface area contributed by atoms with Gasteiger partial charge in [-0.2, -0.15) is 0 Å². The van der Waals surface area contributed by atoms with Crippen LogP contribution in [0.15, 0.2) is 48.5 Å². The van der Waals surface area contributed by atoms with Crippen LogP contribution in [0.2, 0.25) is 0 Å². The van der Waals surface area contributed by atoms with E-state index >= 15 is 0 Å². The van der Waals surface area contributed by atoms with Crippen LogP contribution in [0.25, 0.3) is 0 Å². The highest BCUT2D eigenvalue weighted by atomic mass is 16.7. The van der Waals surface area contributed by atoms with E-state index in [0.717, 1.165) is 23.5 Å². The molecular weight excluding hydrogens is 278 g/mol. The summed E-state index contributed by atoms with van der Waals surface area (Å²) in [6.07, 6.45) is 1.24. The number of nitrogens with one attached hydrogen (secondary N) is 1. The summed E-state index contributed by atoms with van der Waals surface area (Å²) in [6.45, 7) is 2.23. The number of hydrogen-bond donors (Lipinski definition) is 1. The van der Waals surface area contributed by atoms with Gasteiger partial charge in [0.25, 0.3) is 0 Å². The second-order valence-electron chi connectivity index (χ2n) is 5.39. The zero-order valence-corrected chi connectivity index (χ0v) is 12.5. The van der Waals surface area contributed by atoms with Crippen molar-refractivity contribution in [3.05, 3.63) is 59.7 Å². The van der Waals surface area contributed by atoms with Crippen LogP contribution in [0.3, 0.4) is 0 Å². The first kappa shape index (κ1) is 14.4. The Hall–Kier alpha value is -2.49. The van der Waals surface area contributed by atoms with Crippen LogP contribution in [-0.4, -0.2) is 12.7 Å². The van der Waals surface area contributed by atoms with Crippen LogP contribution < -0.4 is 14.8 Å². The van der Waals surface area contributed by atoms with Gasteiger partial charge in [0.2, 0.25) is 12.7 Å². The zero-order chi connectivity index (χ0) is 15.4. The first-order valence-corrected chi connectivity index (χ1v) is 7.45. The van der Waals surface area contributed by atoms with Crippen molar-refractivity contribution in [2.24, 2.45) is 0 Å². The van der Waals surface area contributed by atoms with Gasteiger partial charge in [-0.15, -0.1) is 0 Å². The normalized spacial score (nSPS) is 13.7. The van der Waals surface area contributed by atoms with E-state index in [9.17, 15) is 4.79 Å². The highest BCUT2D eigenvalue weighted by Crippen LogP contribution is 2.34. The molecule has 3 rings (SSSR count). The fourth-order valence-electron chi connectivity index (χ4n) is 2.48. The molecule has 1 aliphatic heterocycles. The van der Waals surface area contributed by atoms with Crippen LogP contribution >= 0.6 is 0 Å². The maximum atomic E-state index is 12.1. The first-order chi connectivity index (χ1) is 10.7. The highest BCUT2D eigenvalue weighted by Gasteiger charge is 2.16. The summed E-state index contributed by atoms with van der Waals surface area (Å²) >= 11 is 0. The van der Waals surface area contributed by atoms with Crippen molar-refractivity contribution in [3.8, 4) is 11.5 Å². The summed E-state index contributed by atoms with van der Waals surface area (Å²) in [6, 6.07) is 15.7. The number of carbonyl (C=O) groups excluding carboxylic acids is 1. The summed E-state index contributed by atoms with van der Waals surface area (Å²) in [5.74, 6) is 1.54. The van der Waals surface area contributed by atoms with E-state index in [0.29, 0.717) is 6.42 Å². The Kier molecular flexibility index (Phi) is 4.28. The molecule has 114 valence electrons. The molecule has 0 unspecified atom stereocenters. The van der Waals surface area contributed by atoms with Gasteiger partial charge in [-0.3, -0.25) is 4.79 Å². The molecule has 22 heavy (non-hydrogen) atoms. The Morgan fingerprint density at radius 2 is 1.91 bits per heavy atom. The predicted molar refractivity (Wildman–Crippen MR) is 83.9 cm³/mol. The number of fused-ring (bicyclic) bond motifs is 1. The topological polar surface area (TPSA) is 47.6 Å². The van der Waals surface area contributed by atoms with Crippen molar-refractivity contribution in [1.29, 1.82) is 0 Å². The molecule has 0 bridgehead atoms. The molecule has 1 atom stereocenters. The quantitative estimate of drug-likeness (QED) is 0.921. The van der Waals surface area contributed by atoms with E-state index in [1.54, 1.807) is 0 Å². The molecule has 1 N–H and O–H groups in total. The van der Waals surface area contributed by atoms with Crippen molar-refractivity contribution in [3.63, 3.8) is 0 Å². The van der Waals surface area contributed by atoms with Gasteiger partial charge in [-0.1, -0.05) is 36.4 Å². The zero-order valence-electron chi connectivity index (χ0n) is 12.5. The molecule has 1 amide bonds. The molecule has 2 aromatic carbocycles. The monoisotopic (exact) mass is 297 g/mol. The van der Waals surface area contributed by atoms with E-state index in [4.69, 9.17) is 9.47 Å². The summed E-state index contributed by atoms with van der Waals surface area (Å²) in [7, 11) is 0. The molecule has 0 radical (unpaired) electrons. The lowest BCUT2D eigenvalue weighted by Gasteiger charge is -2.15. The lowest BCUT2D eigenvalue weighted by Crippen LogP contribution is -2.26. The van der Waals surface area contributed by atoms with Crippen LogP contribution in [-0.2, 0) is 11.2 Å². The van der Waals surface area contributed by atoms with Crippen molar-refractivity contribution in [2.45, 2.75) is 25.8 Å². The van der Waals surface area contributed by atoms with Gasteiger partial charge in [0.05, 0.1) is 6.04 Å². The Morgan fingerprint density at radius 3 is 2.73 bits per heavy atom. The molecule has 4 nitrogen and oxygen atoms in total. The Balaban J connectivity index is 1.55. The predicted octanol–water partition coefficient (Wildman–Crippen LogP) is 3.23. The Morgan fingerprint density at radius 1 is 1.14 bits per heavy atom. The summed E-state index contributed by atoms with van der Waals surface area (Å²) in [4.78, 5) is 12.1. The lowest BCUT2D eigenvalue weighted by molar-refractivity contribution is -0.121. The average molecular weight is 297 g/mol. The van der Waals surface area contributed by atoms with Gasteiger partial charge in [-0.25, -0.2) is 0 Å². The first-order valence-electron chi connectivity index (χ1n) is 7.45. The number of benzene rings is 2. The second kappa shape index (κ2) is 6.52. The van der Waals surface area contributed by atoms with Crippen LogP contribution in [0.4, 0.5) is 0 Å². The van der Waals surface area contributed by atoms with Gasteiger partial charge < -0.3 is 14.8 Å². The third-order valence-electron chi connectivity index (χ3n) is 3.76. The van der Waals surface area contributed by atoms with E-state index in [1.807, 2.05) is 55.5 Å². The third kappa shape index (κ3) is 3.39. The number of carbonyl (C=O) groups is 1. The van der Waals surface area contributed by atoms with E-state index < -0.39 is 0 Å². The van der Waals surface area contributed by atoms with Crippen LogP contribution in [0.1, 0.15) is 30.5 Å². The number of aryl methyl sites for hydroxylation is 1. The summed E-state index contributed by atoms with van der Waals surface area (Å²) in [5, 5.41) is 3.02. The van der Waals surface area contributed by atoms with E-state index in [1.165, 1.54) is 5.56 Å². The van der Waals surface area contributed by atoms with E-state index in [-0.39, 0.29) is 18.7 Å². The Bertz CT molecular complexity index is 655. The fourth-order valence-corrected chi connectivity index (χ4v) is 2.48. The van der Waals surface area contributed by atoms with Gasteiger partial charge >= 0.3 is 0 Å². The molecule has 0 spiro atoms. The molecule has 0 saturated heterocycles. The minimum absolute atomic E-state index is 0.0500. The fraction of sp³-hybridized carbons (Fsp3) is 0.278. The molecule has 1 heterocycles. The smallest absolute Gasteiger partial charge is 0.231 e.